The van der Waals surface area contributed by atoms with E-state index in [1.54, 1.807) is 7.05 Å². The zero-order valence-corrected chi connectivity index (χ0v) is 11.6. The van der Waals surface area contributed by atoms with E-state index in [1.807, 2.05) is 0 Å². The van der Waals surface area contributed by atoms with Gasteiger partial charge in [0.1, 0.15) is 0 Å². The van der Waals surface area contributed by atoms with Crippen LogP contribution in [0.2, 0.25) is 0 Å². The molecule has 0 spiro atoms. The van der Waals surface area contributed by atoms with Crippen LogP contribution in [0.5, 0.6) is 0 Å². The smallest absolute Gasteiger partial charge is 0.260 e. The highest BCUT2D eigenvalue weighted by Crippen LogP contribution is 2.26. The van der Waals surface area contributed by atoms with Crippen molar-refractivity contribution < 1.29 is 8.42 Å². The minimum Gasteiger partial charge on any atom is -0.381 e. The van der Waals surface area contributed by atoms with E-state index in [1.165, 1.54) is 17.3 Å². The van der Waals surface area contributed by atoms with Gasteiger partial charge in [0.15, 0.2) is 10.8 Å². The summed E-state index contributed by atoms with van der Waals surface area (Å²) in [6.45, 7) is 2.08. The van der Waals surface area contributed by atoms with Crippen LogP contribution < -0.4 is 10.5 Å². The topological polar surface area (TPSA) is 90.0 Å². The molecule has 1 fully saturated rings. The van der Waals surface area contributed by atoms with Crippen molar-refractivity contribution >= 4 is 15.8 Å². The molecule has 1 aromatic heterocycles. The van der Waals surface area contributed by atoms with Crippen LogP contribution in [0.1, 0.15) is 32.6 Å². The number of rotatable bonds is 3. The fraction of sp³-hybridized carbons (Fsp3) is 0.727. The number of sulfonamides is 1. The first-order valence-corrected chi connectivity index (χ1v) is 7.69. The SMILES string of the molecule is CC1CCCCC1NS(=O)(=O)c1c(N)ncn1C. The van der Waals surface area contributed by atoms with Crippen LogP contribution >= 0.6 is 0 Å². The highest BCUT2D eigenvalue weighted by atomic mass is 32.2. The molecule has 0 saturated heterocycles. The van der Waals surface area contributed by atoms with Gasteiger partial charge in [0.25, 0.3) is 10.0 Å². The number of imidazole rings is 1. The summed E-state index contributed by atoms with van der Waals surface area (Å²) >= 11 is 0. The number of aromatic nitrogens is 2. The molecule has 18 heavy (non-hydrogen) atoms. The van der Waals surface area contributed by atoms with Crippen molar-refractivity contribution in [2.75, 3.05) is 5.73 Å². The highest BCUT2D eigenvalue weighted by Gasteiger charge is 2.29. The first-order valence-electron chi connectivity index (χ1n) is 6.21. The summed E-state index contributed by atoms with van der Waals surface area (Å²) in [4.78, 5) is 3.82. The molecule has 0 radical (unpaired) electrons. The minimum atomic E-state index is -3.59. The maximum absolute atomic E-state index is 12.3. The third-order valence-corrected chi connectivity index (χ3v) is 5.20. The fourth-order valence-corrected chi connectivity index (χ4v) is 4.13. The number of nitrogens with zero attached hydrogens (tertiary/aromatic N) is 2. The Morgan fingerprint density at radius 2 is 2.11 bits per heavy atom. The lowest BCUT2D eigenvalue weighted by Crippen LogP contribution is -2.41. The van der Waals surface area contributed by atoms with Gasteiger partial charge in [-0.3, -0.25) is 0 Å². The molecule has 1 heterocycles. The summed E-state index contributed by atoms with van der Waals surface area (Å²) in [7, 11) is -1.96. The van der Waals surface area contributed by atoms with Crippen molar-refractivity contribution in [2.24, 2.45) is 13.0 Å². The van der Waals surface area contributed by atoms with Crippen LogP contribution in [0.4, 0.5) is 5.82 Å². The Hall–Kier alpha value is -1.08. The molecular formula is C11H20N4O2S. The standard InChI is InChI=1S/C11H20N4O2S/c1-8-5-3-4-6-9(8)14-18(16,17)11-10(12)13-7-15(11)2/h7-9,14H,3-6,12H2,1-2H3. The lowest BCUT2D eigenvalue weighted by Gasteiger charge is -2.29. The van der Waals surface area contributed by atoms with E-state index in [4.69, 9.17) is 5.73 Å². The molecule has 7 heteroatoms. The Labute approximate surface area is 108 Å². The fourth-order valence-electron chi connectivity index (χ4n) is 2.51. The van der Waals surface area contributed by atoms with Gasteiger partial charge >= 0.3 is 0 Å². The Morgan fingerprint density at radius 3 is 2.67 bits per heavy atom. The van der Waals surface area contributed by atoms with Crippen molar-refractivity contribution in [3.63, 3.8) is 0 Å². The second-order valence-electron chi connectivity index (χ2n) is 5.04. The van der Waals surface area contributed by atoms with Crippen molar-refractivity contribution in [1.29, 1.82) is 0 Å². The number of hydrogen-bond donors (Lipinski definition) is 2. The summed E-state index contributed by atoms with van der Waals surface area (Å²) in [6.07, 6.45) is 5.60. The van der Waals surface area contributed by atoms with E-state index in [0.29, 0.717) is 5.92 Å². The van der Waals surface area contributed by atoms with Gasteiger partial charge in [-0.15, -0.1) is 0 Å². The molecule has 1 saturated carbocycles. The van der Waals surface area contributed by atoms with E-state index in [0.717, 1.165) is 19.3 Å². The van der Waals surface area contributed by atoms with Gasteiger partial charge in [-0.1, -0.05) is 19.8 Å². The van der Waals surface area contributed by atoms with E-state index in [2.05, 4.69) is 16.6 Å². The van der Waals surface area contributed by atoms with Gasteiger partial charge in [0, 0.05) is 13.1 Å². The van der Waals surface area contributed by atoms with Crippen molar-refractivity contribution in [3.8, 4) is 0 Å². The van der Waals surface area contributed by atoms with Crippen molar-refractivity contribution in [2.45, 2.75) is 43.7 Å². The molecule has 102 valence electrons. The third-order valence-electron chi connectivity index (χ3n) is 3.58. The third kappa shape index (κ3) is 2.51. The van der Waals surface area contributed by atoms with Crippen LogP contribution in [0, 0.1) is 5.92 Å². The lowest BCUT2D eigenvalue weighted by atomic mass is 9.87. The predicted octanol–water partition coefficient (Wildman–Crippen LogP) is 0.859. The molecule has 2 atom stereocenters. The van der Waals surface area contributed by atoms with Crippen molar-refractivity contribution in [3.05, 3.63) is 6.33 Å². The molecular weight excluding hydrogens is 252 g/mol. The number of nitrogen functional groups attached to an aromatic ring is 1. The van der Waals surface area contributed by atoms with Crippen LogP contribution in [0.15, 0.2) is 11.4 Å². The Balaban J connectivity index is 2.22. The molecule has 1 aliphatic carbocycles. The maximum atomic E-state index is 12.3. The van der Waals surface area contributed by atoms with Gasteiger partial charge in [0.2, 0.25) is 0 Å². The van der Waals surface area contributed by atoms with Crippen LogP contribution in [0.3, 0.4) is 0 Å². The summed E-state index contributed by atoms with van der Waals surface area (Å²) in [5, 5.41) is 0.0558. The van der Waals surface area contributed by atoms with Crippen LogP contribution in [0.25, 0.3) is 0 Å². The molecule has 3 N–H and O–H groups in total. The molecule has 2 rings (SSSR count). The maximum Gasteiger partial charge on any atom is 0.260 e. The summed E-state index contributed by atoms with van der Waals surface area (Å²) in [6, 6.07) is -0.00181. The Morgan fingerprint density at radius 1 is 1.44 bits per heavy atom. The van der Waals surface area contributed by atoms with E-state index >= 15 is 0 Å². The van der Waals surface area contributed by atoms with Gasteiger partial charge in [-0.2, -0.15) is 0 Å². The highest BCUT2D eigenvalue weighted by molar-refractivity contribution is 7.89. The van der Waals surface area contributed by atoms with Crippen LogP contribution in [-0.4, -0.2) is 24.0 Å². The molecule has 0 amide bonds. The summed E-state index contributed by atoms with van der Waals surface area (Å²) < 4.78 is 28.8. The predicted molar refractivity (Wildman–Crippen MR) is 69.4 cm³/mol. The Kier molecular flexibility index (Phi) is 3.63. The van der Waals surface area contributed by atoms with E-state index in [9.17, 15) is 8.42 Å². The number of hydrogen-bond acceptors (Lipinski definition) is 4. The molecule has 1 aliphatic rings. The second-order valence-corrected chi connectivity index (χ2v) is 6.66. The Bertz CT molecular complexity index is 504. The normalized spacial score (nSPS) is 25.2. The molecule has 2 unspecified atom stereocenters. The minimum absolute atomic E-state index is 0.00181. The number of anilines is 1. The zero-order chi connectivity index (χ0) is 13.3. The van der Waals surface area contributed by atoms with E-state index < -0.39 is 10.0 Å². The first kappa shape index (κ1) is 13.4. The average Bonchev–Trinajstić information content (AvgIpc) is 2.62. The number of nitrogens with one attached hydrogen (secondary N) is 1. The number of nitrogens with two attached hydrogens (primary N) is 1. The quantitative estimate of drug-likeness (QED) is 0.854. The molecule has 0 bridgehead atoms. The molecule has 1 aromatic rings. The van der Waals surface area contributed by atoms with Gasteiger partial charge in [-0.25, -0.2) is 18.1 Å². The molecule has 0 aromatic carbocycles. The largest absolute Gasteiger partial charge is 0.381 e. The molecule has 0 aliphatic heterocycles. The van der Waals surface area contributed by atoms with E-state index in [-0.39, 0.29) is 16.9 Å². The zero-order valence-electron chi connectivity index (χ0n) is 10.8. The molecule has 6 nitrogen and oxygen atoms in total. The van der Waals surface area contributed by atoms with Crippen LogP contribution in [-0.2, 0) is 17.1 Å². The lowest BCUT2D eigenvalue weighted by molar-refractivity contribution is 0.310. The van der Waals surface area contributed by atoms with Crippen molar-refractivity contribution in [1.82, 2.24) is 14.3 Å². The summed E-state index contributed by atoms with van der Waals surface area (Å²) in [5.41, 5.74) is 5.62. The van der Waals surface area contributed by atoms with Gasteiger partial charge < -0.3 is 10.3 Å². The van der Waals surface area contributed by atoms with Gasteiger partial charge in [-0.05, 0) is 18.8 Å². The summed E-state index contributed by atoms with van der Waals surface area (Å²) in [5.74, 6) is 0.413. The average molecular weight is 272 g/mol. The first-order chi connectivity index (χ1) is 8.42. The van der Waals surface area contributed by atoms with Gasteiger partial charge in [0.05, 0.1) is 6.33 Å². The number of aryl methyl sites for hydroxylation is 1. The second kappa shape index (κ2) is 4.89. The monoisotopic (exact) mass is 272 g/mol.